The fourth-order valence-corrected chi connectivity index (χ4v) is 7.99. The zero-order chi connectivity index (χ0) is 23.3. The van der Waals surface area contributed by atoms with Crippen molar-refractivity contribution in [3.63, 3.8) is 0 Å². The Morgan fingerprint density at radius 2 is 1.81 bits per heavy atom. The molecule has 3 unspecified atom stereocenters. The molecule has 2 heteroatoms. The smallest absolute Gasteiger partial charge is 0.302 e. The van der Waals surface area contributed by atoms with Crippen molar-refractivity contribution in [3.8, 4) is 0 Å². The van der Waals surface area contributed by atoms with Gasteiger partial charge in [0.2, 0.25) is 0 Å². The number of esters is 1. The number of allylic oxidation sites excluding steroid dienone is 4. The van der Waals surface area contributed by atoms with Gasteiger partial charge in [-0.05, 0) is 90.9 Å². The Morgan fingerprint density at radius 1 is 1.06 bits per heavy atom. The van der Waals surface area contributed by atoms with Crippen LogP contribution in [0.4, 0.5) is 0 Å². The van der Waals surface area contributed by atoms with Crippen molar-refractivity contribution in [3.05, 3.63) is 29.2 Å². The molecule has 32 heavy (non-hydrogen) atoms. The van der Waals surface area contributed by atoms with Crippen LogP contribution in [0, 0.1) is 46.3 Å². The molecule has 4 aliphatic carbocycles. The van der Waals surface area contributed by atoms with Gasteiger partial charge in [0.1, 0.15) is 6.10 Å². The minimum Gasteiger partial charge on any atom is -0.463 e. The molecule has 4 aliphatic rings. The maximum absolute atomic E-state index is 11.5. The quantitative estimate of drug-likeness (QED) is 0.391. The average Bonchev–Trinajstić information content (AvgIpc) is 3.08. The van der Waals surface area contributed by atoms with E-state index in [1.807, 2.05) is 0 Å². The topological polar surface area (TPSA) is 26.3 Å². The van der Waals surface area contributed by atoms with E-state index in [0.717, 1.165) is 48.9 Å². The maximum atomic E-state index is 11.5. The molecule has 0 bridgehead atoms. The summed E-state index contributed by atoms with van der Waals surface area (Å²) in [4.78, 5) is 11.5. The van der Waals surface area contributed by atoms with Crippen molar-refractivity contribution < 1.29 is 9.53 Å². The summed E-state index contributed by atoms with van der Waals surface area (Å²) in [5.41, 5.74) is 4.09. The predicted octanol–water partition coefficient (Wildman–Crippen LogP) is 8.08. The summed E-state index contributed by atoms with van der Waals surface area (Å²) in [6.07, 6.45) is 16.2. The maximum Gasteiger partial charge on any atom is 0.302 e. The third kappa shape index (κ3) is 4.14. The third-order valence-corrected chi connectivity index (χ3v) is 10.5. The van der Waals surface area contributed by atoms with Crippen molar-refractivity contribution in [1.82, 2.24) is 0 Å². The van der Waals surface area contributed by atoms with Crippen LogP contribution in [-0.4, -0.2) is 12.1 Å². The van der Waals surface area contributed by atoms with Gasteiger partial charge in [0.05, 0.1) is 0 Å². The summed E-state index contributed by atoms with van der Waals surface area (Å²) >= 11 is 0. The lowest BCUT2D eigenvalue weighted by Gasteiger charge is -2.53. The molecule has 0 spiro atoms. The normalized spacial score (nSPS) is 38.8. The summed E-state index contributed by atoms with van der Waals surface area (Å²) in [6.45, 7) is 16.4. The third-order valence-electron chi connectivity index (χ3n) is 10.5. The summed E-state index contributed by atoms with van der Waals surface area (Å²) in [5, 5.41) is 0. The van der Waals surface area contributed by atoms with E-state index in [4.69, 9.17) is 4.74 Å². The molecular formula is C30H47O2. The van der Waals surface area contributed by atoms with Crippen LogP contribution in [0.1, 0.15) is 106 Å². The van der Waals surface area contributed by atoms with E-state index in [-0.39, 0.29) is 17.5 Å². The average molecular weight is 440 g/mol. The first-order valence-corrected chi connectivity index (χ1v) is 13.5. The predicted molar refractivity (Wildman–Crippen MR) is 133 cm³/mol. The van der Waals surface area contributed by atoms with Crippen LogP contribution < -0.4 is 0 Å². The van der Waals surface area contributed by atoms with Gasteiger partial charge in [-0.25, -0.2) is 0 Å². The van der Waals surface area contributed by atoms with Crippen molar-refractivity contribution in [2.75, 3.05) is 0 Å². The number of hydrogen-bond acceptors (Lipinski definition) is 2. The Balaban J connectivity index is 1.50. The Kier molecular flexibility index (Phi) is 6.74. The fourth-order valence-electron chi connectivity index (χ4n) is 7.99. The van der Waals surface area contributed by atoms with Crippen molar-refractivity contribution in [2.45, 2.75) is 112 Å². The number of fused-ring (bicyclic) bond motifs is 4. The zero-order valence-electron chi connectivity index (χ0n) is 21.8. The number of rotatable bonds is 6. The van der Waals surface area contributed by atoms with Crippen LogP contribution in [0.25, 0.3) is 0 Å². The molecular weight excluding hydrogens is 392 g/mol. The molecule has 0 aromatic rings. The fraction of sp³-hybridized carbons (Fsp3) is 0.800. The lowest BCUT2D eigenvalue weighted by atomic mass is 9.52. The van der Waals surface area contributed by atoms with E-state index in [0.29, 0.717) is 5.41 Å². The molecule has 2 saturated carbocycles. The van der Waals surface area contributed by atoms with Crippen molar-refractivity contribution in [2.24, 2.45) is 40.4 Å². The number of carbonyl (C=O) groups excluding carboxylic acids is 1. The standard InChI is InChI=1S/C30H47O2/c1-19(2)20(3)8-9-21(4)26-12-13-27-25-11-10-23-18-24(32-22(5)31)14-16-29(23,6)28(25)15-17-30(26,27)7/h10-11,19-21,24,26-27H,8-9,12-18H2,1-7H3/t20?,21?,24?,26-,27+,29+,30-/m1/s1. The molecule has 0 aliphatic heterocycles. The van der Waals surface area contributed by atoms with E-state index in [1.54, 1.807) is 18.1 Å². The van der Waals surface area contributed by atoms with Crippen LogP contribution in [0.3, 0.4) is 0 Å². The highest BCUT2D eigenvalue weighted by molar-refractivity contribution is 5.66. The summed E-state index contributed by atoms with van der Waals surface area (Å²) in [7, 11) is 0. The van der Waals surface area contributed by atoms with Gasteiger partial charge >= 0.3 is 5.97 Å². The van der Waals surface area contributed by atoms with Crippen LogP contribution in [0.5, 0.6) is 0 Å². The minimum absolute atomic E-state index is 0.0705. The van der Waals surface area contributed by atoms with Gasteiger partial charge < -0.3 is 4.74 Å². The molecule has 7 atom stereocenters. The molecule has 179 valence electrons. The van der Waals surface area contributed by atoms with Crippen LogP contribution in [0.15, 0.2) is 23.3 Å². The first-order valence-electron chi connectivity index (χ1n) is 13.5. The molecule has 0 amide bonds. The largest absolute Gasteiger partial charge is 0.463 e. The molecule has 0 N–H and O–H groups in total. The van der Waals surface area contributed by atoms with Crippen LogP contribution >= 0.6 is 0 Å². The second-order valence-electron chi connectivity index (χ2n) is 12.6. The highest BCUT2D eigenvalue weighted by Gasteiger charge is 2.55. The lowest BCUT2D eigenvalue weighted by Crippen LogP contribution is -2.43. The highest BCUT2D eigenvalue weighted by Crippen LogP contribution is 2.65. The molecule has 2 fully saturated rings. The number of carbonyl (C=O) groups is 1. The van der Waals surface area contributed by atoms with Crippen molar-refractivity contribution >= 4 is 5.97 Å². The van der Waals surface area contributed by atoms with Gasteiger partial charge in [-0.2, -0.15) is 0 Å². The Hall–Kier alpha value is -1.05. The molecule has 2 nitrogen and oxygen atoms in total. The summed E-state index contributed by atoms with van der Waals surface area (Å²) in [5.74, 6) is 5.43. The monoisotopic (exact) mass is 439 g/mol. The van der Waals surface area contributed by atoms with Gasteiger partial charge in [0.15, 0.2) is 0 Å². The Labute approximate surface area is 197 Å². The molecule has 0 heterocycles. The molecule has 1 radical (unpaired) electrons. The van der Waals surface area contributed by atoms with Crippen LogP contribution in [-0.2, 0) is 9.53 Å². The first-order chi connectivity index (χ1) is 15.1. The summed E-state index contributed by atoms with van der Waals surface area (Å²) < 4.78 is 5.59. The molecule has 0 aromatic heterocycles. The van der Waals surface area contributed by atoms with E-state index in [2.05, 4.69) is 53.7 Å². The zero-order valence-corrected chi connectivity index (χ0v) is 21.8. The van der Waals surface area contributed by atoms with E-state index in [9.17, 15) is 4.79 Å². The van der Waals surface area contributed by atoms with Gasteiger partial charge in [-0.15, -0.1) is 0 Å². The molecule has 4 rings (SSSR count). The second-order valence-corrected chi connectivity index (χ2v) is 12.6. The van der Waals surface area contributed by atoms with Crippen molar-refractivity contribution in [1.29, 1.82) is 0 Å². The van der Waals surface area contributed by atoms with Gasteiger partial charge in [0.25, 0.3) is 0 Å². The van der Waals surface area contributed by atoms with E-state index in [1.165, 1.54) is 44.4 Å². The molecule has 0 aromatic carbocycles. The van der Waals surface area contributed by atoms with Crippen LogP contribution in [0.2, 0.25) is 0 Å². The van der Waals surface area contributed by atoms with Gasteiger partial charge in [0, 0.05) is 12.8 Å². The highest BCUT2D eigenvalue weighted by atomic mass is 16.5. The van der Waals surface area contributed by atoms with Gasteiger partial charge in [-0.3, -0.25) is 4.79 Å². The second kappa shape index (κ2) is 8.95. The summed E-state index contributed by atoms with van der Waals surface area (Å²) in [6, 6.07) is 0. The Morgan fingerprint density at radius 3 is 2.50 bits per heavy atom. The lowest BCUT2D eigenvalue weighted by molar-refractivity contribution is -0.148. The van der Waals surface area contributed by atoms with Gasteiger partial charge in [-0.1, -0.05) is 72.1 Å². The SMILES string of the molecule is CC(=O)OC1CC[C@@]2(C)[C](C=CC3=C2CC[C@]2(C)[C@@H](C(C)CCC(C)C(C)C)CC[C@@H]32)C1. The van der Waals surface area contributed by atoms with E-state index >= 15 is 0 Å². The number of hydrogen-bond donors (Lipinski definition) is 0. The van der Waals surface area contributed by atoms with E-state index < -0.39 is 0 Å². The minimum atomic E-state index is -0.138. The first kappa shape index (κ1) is 24.1. The Bertz CT molecular complexity index is 776. The number of ether oxygens (including phenoxy) is 1. The molecule has 0 saturated heterocycles.